The summed E-state index contributed by atoms with van der Waals surface area (Å²) in [6, 6.07) is 10.4. The van der Waals surface area contributed by atoms with Gasteiger partial charge in [-0.2, -0.15) is 5.10 Å². The van der Waals surface area contributed by atoms with Gasteiger partial charge in [-0.15, -0.1) is 0 Å². The first-order valence-electron chi connectivity index (χ1n) is 9.60. The zero-order valence-electron chi connectivity index (χ0n) is 15.9. The monoisotopic (exact) mass is 367 g/mol. The summed E-state index contributed by atoms with van der Waals surface area (Å²) in [6.45, 7) is 2.41. The number of amides is 1. The standard InChI is InChI=1S/C21H25N3O3/c1-14-12-16(23(2)22-14)13-24(21(26)19-10-11-20(25)27-19)18-9-5-7-15-6-3-4-8-17(15)18/h3-4,6,8,12,18-19H,5,7,9-11,13H2,1-2H3/t18-,19-/m1/s1. The molecule has 0 spiro atoms. The highest BCUT2D eigenvalue weighted by Crippen LogP contribution is 2.36. The van der Waals surface area contributed by atoms with Crippen LogP contribution in [0.5, 0.6) is 0 Å². The molecule has 0 radical (unpaired) electrons. The van der Waals surface area contributed by atoms with Crippen molar-refractivity contribution < 1.29 is 14.3 Å². The van der Waals surface area contributed by atoms with E-state index < -0.39 is 6.10 Å². The van der Waals surface area contributed by atoms with Crippen molar-refractivity contribution in [3.05, 3.63) is 52.8 Å². The van der Waals surface area contributed by atoms with E-state index in [2.05, 4.69) is 23.3 Å². The van der Waals surface area contributed by atoms with Gasteiger partial charge in [0.05, 0.1) is 24.0 Å². The van der Waals surface area contributed by atoms with Gasteiger partial charge in [-0.25, -0.2) is 0 Å². The van der Waals surface area contributed by atoms with Crippen LogP contribution in [-0.4, -0.2) is 32.7 Å². The summed E-state index contributed by atoms with van der Waals surface area (Å²) in [5.74, 6) is -0.380. The second-order valence-electron chi connectivity index (χ2n) is 7.49. The summed E-state index contributed by atoms with van der Waals surface area (Å²) in [4.78, 5) is 26.8. The summed E-state index contributed by atoms with van der Waals surface area (Å²) >= 11 is 0. The minimum absolute atomic E-state index is 0.00282. The van der Waals surface area contributed by atoms with Crippen molar-refractivity contribution in [3.63, 3.8) is 0 Å². The van der Waals surface area contributed by atoms with Gasteiger partial charge in [-0.05, 0) is 43.4 Å². The molecule has 2 atom stereocenters. The molecule has 1 aromatic carbocycles. The Morgan fingerprint density at radius 1 is 1.30 bits per heavy atom. The molecule has 0 unspecified atom stereocenters. The molecule has 1 aliphatic heterocycles. The molecule has 0 bridgehead atoms. The van der Waals surface area contributed by atoms with Crippen molar-refractivity contribution in [2.45, 2.75) is 57.7 Å². The first-order valence-corrected chi connectivity index (χ1v) is 9.60. The van der Waals surface area contributed by atoms with E-state index in [9.17, 15) is 9.59 Å². The van der Waals surface area contributed by atoms with Crippen LogP contribution in [0, 0.1) is 6.92 Å². The van der Waals surface area contributed by atoms with Gasteiger partial charge in [0.1, 0.15) is 0 Å². The number of fused-ring (bicyclic) bond motifs is 1. The molecule has 2 aliphatic rings. The largest absolute Gasteiger partial charge is 0.452 e. The lowest BCUT2D eigenvalue weighted by Gasteiger charge is -2.37. The van der Waals surface area contributed by atoms with Crippen LogP contribution >= 0.6 is 0 Å². The molecule has 1 aliphatic carbocycles. The van der Waals surface area contributed by atoms with Crippen LogP contribution in [0.15, 0.2) is 30.3 Å². The van der Waals surface area contributed by atoms with E-state index in [0.717, 1.165) is 30.7 Å². The molecular weight excluding hydrogens is 342 g/mol. The number of aromatic nitrogens is 2. The average molecular weight is 367 g/mol. The smallest absolute Gasteiger partial charge is 0.306 e. The van der Waals surface area contributed by atoms with Gasteiger partial charge in [0, 0.05) is 19.9 Å². The normalized spacial score (nSPS) is 21.6. The van der Waals surface area contributed by atoms with Gasteiger partial charge < -0.3 is 9.64 Å². The topological polar surface area (TPSA) is 64.4 Å². The number of cyclic esters (lactones) is 1. The number of carbonyl (C=O) groups is 2. The zero-order valence-corrected chi connectivity index (χ0v) is 15.9. The lowest BCUT2D eigenvalue weighted by Crippen LogP contribution is -2.42. The summed E-state index contributed by atoms with van der Waals surface area (Å²) in [6.07, 6.45) is 3.11. The van der Waals surface area contributed by atoms with E-state index in [-0.39, 0.29) is 17.9 Å². The van der Waals surface area contributed by atoms with Crippen LogP contribution in [0.2, 0.25) is 0 Å². The van der Waals surface area contributed by atoms with Crippen LogP contribution in [0.4, 0.5) is 0 Å². The number of hydrogen-bond donors (Lipinski definition) is 0. The van der Waals surface area contributed by atoms with Crippen molar-refractivity contribution in [3.8, 4) is 0 Å². The Balaban J connectivity index is 1.69. The van der Waals surface area contributed by atoms with Gasteiger partial charge in [0.15, 0.2) is 6.10 Å². The van der Waals surface area contributed by atoms with Crippen molar-refractivity contribution in [1.82, 2.24) is 14.7 Å². The molecule has 2 aromatic rings. The third-order valence-electron chi connectivity index (χ3n) is 5.59. The van der Waals surface area contributed by atoms with Crippen LogP contribution in [0.1, 0.15) is 54.2 Å². The zero-order chi connectivity index (χ0) is 19.0. The van der Waals surface area contributed by atoms with Crippen LogP contribution < -0.4 is 0 Å². The number of benzene rings is 1. The van der Waals surface area contributed by atoms with E-state index in [1.807, 2.05) is 35.7 Å². The average Bonchev–Trinajstić information content (AvgIpc) is 3.23. The van der Waals surface area contributed by atoms with Crippen molar-refractivity contribution in [2.24, 2.45) is 7.05 Å². The van der Waals surface area contributed by atoms with Gasteiger partial charge in [0.25, 0.3) is 5.91 Å². The third kappa shape index (κ3) is 3.48. The molecule has 2 heterocycles. The Morgan fingerprint density at radius 2 is 2.11 bits per heavy atom. The van der Waals surface area contributed by atoms with E-state index in [1.54, 1.807) is 0 Å². The fraction of sp³-hybridized carbons (Fsp3) is 0.476. The Hall–Kier alpha value is -2.63. The SMILES string of the molecule is Cc1cc(CN(C(=O)[C@H]2CCC(=O)O2)[C@@H]2CCCc3ccccc32)n(C)n1. The fourth-order valence-corrected chi connectivity index (χ4v) is 4.26. The molecule has 6 nitrogen and oxygen atoms in total. The molecule has 0 saturated carbocycles. The second-order valence-corrected chi connectivity index (χ2v) is 7.49. The van der Waals surface area contributed by atoms with Gasteiger partial charge in [-0.3, -0.25) is 14.3 Å². The van der Waals surface area contributed by atoms with Crippen LogP contribution in [-0.2, 0) is 34.3 Å². The molecule has 1 amide bonds. The maximum Gasteiger partial charge on any atom is 0.306 e. The fourth-order valence-electron chi connectivity index (χ4n) is 4.26. The van der Waals surface area contributed by atoms with E-state index in [0.29, 0.717) is 19.4 Å². The highest BCUT2D eigenvalue weighted by molar-refractivity contribution is 5.86. The number of aryl methyl sites for hydroxylation is 3. The Kier molecular flexibility index (Phi) is 4.72. The molecule has 1 fully saturated rings. The van der Waals surface area contributed by atoms with Crippen LogP contribution in [0.3, 0.4) is 0 Å². The van der Waals surface area contributed by atoms with Crippen molar-refractivity contribution in [2.75, 3.05) is 0 Å². The Bertz CT molecular complexity index is 873. The van der Waals surface area contributed by atoms with Gasteiger partial charge in [0.2, 0.25) is 0 Å². The highest BCUT2D eigenvalue weighted by Gasteiger charge is 2.38. The minimum atomic E-state index is -0.666. The predicted octanol–water partition coefficient (Wildman–Crippen LogP) is 2.84. The number of nitrogens with zero attached hydrogens (tertiary/aromatic N) is 3. The summed E-state index contributed by atoms with van der Waals surface area (Å²) in [5, 5.41) is 4.42. The minimum Gasteiger partial charge on any atom is -0.452 e. The van der Waals surface area contributed by atoms with Crippen molar-refractivity contribution >= 4 is 11.9 Å². The second kappa shape index (κ2) is 7.18. The van der Waals surface area contributed by atoms with Crippen molar-refractivity contribution in [1.29, 1.82) is 0 Å². The molecule has 1 aromatic heterocycles. The van der Waals surface area contributed by atoms with E-state index in [1.165, 1.54) is 11.1 Å². The summed E-state index contributed by atoms with van der Waals surface area (Å²) in [5.41, 5.74) is 4.42. The predicted molar refractivity (Wildman–Crippen MR) is 99.7 cm³/mol. The molecule has 27 heavy (non-hydrogen) atoms. The number of carbonyl (C=O) groups excluding carboxylic acids is 2. The van der Waals surface area contributed by atoms with E-state index >= 15 is 0 Å². The summed E-state index contributed by atoms with van der Waals surface area (Å²) in [7, 11) is 1.90. The lowest BCUT2D eigenvalue weighted by atomic mass is 9.86. The molecular formula is C21H25N3O3. The first kappa shape index (κ1) is 17.8. The maximum absolute atomic E-state index is 13.3. The first-order chi connectivity index (χ1) is 13.0. The number of ether oxygens (including phenoxy) is 1. The van der Waals surface area contributed by atoms with Gasteiger partial charge >= 0.3 is 5.97 Å². The van der Waals surface area contributed by atoms with Gasteiger partial charge in [-0.1, -0.05) is 24.3 Å². The lowest BCUT2D eigenvalue weighted by molar-refractivity contribution is -0.155. The number of esters is 1. The highest BCUT2D eigenvalue weighted by atomic mass is 16.6. The quantitative estimate of drug-likeness (QED) is 0.780. The molecule has 142 valence electrons. The van der Waals surface area contributed by atoms with E-state index in [4.69, 9.17) is 4.74 Å². The summed E-state index contributed by atoms with van der Waals surface area (Å²) < 4.78 is 7.13. The molecule has 6 heteroatoms. The number of rotatable bonds is 4. The Morgan fingerprint density at radius 3 is 2.81 bits per heavy atom. The molecule has 4 rings (SSSR count). The van der Waals surface area contributed by atoms with Crippen LogP contribution in [0.25, 0.3) is 0 Å². The Labute approximate surface area is 159 Å². The molecule has 0 N–H and O–H groups in total. The third-order valence-corrected chi connectivity index (χ3v) is 5.59. The molecule has 1 saturated heterocycles. The number of hydrogen-bond acceptors (Lipinski definition) is 4. The maximum atomic E-state index is 13.3.